The molecule has 1 aromatic rings. The van der Waals surface area contributed by atoms with Crippen LogP contribution < -0.4 is 10.6 Å². The van der Waals surface area contributed by atoms with Crippen LogP contribution in [0.1, 0.15) is 27.2 Å². The first-order valence-corrected chi connectivity index (χ1v) is 7.01. The number of carbonyl (C=O) groups excluding carboxylic acids is 1. The van der Waals surface area contributed by atoms with Gasteiger partial charge in [-0.3, -0.25) is 4.79 Å². The van der Waals surface area contributed by atoms with E-state index in [0.29, 0.717) is 5.02 Å². The molecule has 0 saturated carbocycles. The van der Waals surface area contributed by atoms with Crippen LogP contribution in [0.4, 0.5) is 5.69 Å². The Morgan fingerprint density at radius 3 is 2.72 bits per heavy atom. The summed E-state index contributed by atoms with van der Waals surface area (Å²) in [5.74, 6) is -0.0336. The van der Waals surface area contributed by atoms with Crippen LogP contribution in [-0.4, -0.2) is 18.0 Å². The first kappa shape index (κ1) is 15.3. The van der Waals surface area contributed by atoms with Crippen LogP contribution in [0.2, 0.25) is 5.02 Å². The average Bonchev–Trinajstić information content (AvgIpc) is 2.30. The van der Waals surface area contributed by atoms with Crippen LogP contribution in [0.5, 0.6) is 0 Å². The highest BCUT2D eigenvalue weighted by molar-refractivity contribution is 9.10. The van der Waals surface area contributed by atoms with E-state index >= 15 is 0 Å². The van der Waals surface area contributed by atoms with Gasteiger partial charge in [0.1, 0.15) is 0 Å². The molecule has 0 spiro atoms. The molecule has 0 aliphatic rings. The standard InChI is InChI=1S/C13H18BrClN2O/c1-4-13(2,3)17-11(18)8-16-10-7-5-6-9(15)12(10)14/h5-7,16H,4,8H2,1-3H3,(H,17,18). The molecule has 1 rings (SSSR count). The average molecular weight is 334 g/mol. The summed E-state index contributed by atoms with van der Waals surface area (Å²) in [5.41, 5.74) is 0.636. The maximum Gasteiger partial charge on any atom is 0.239 e. The number of anilines is 1. The molecule has 0 heterocycles. The Labute approximate surface area is 121 Å². The zero-order chi connectivity index (χ0) is 13.8. The molecule has 3 nitrogen and oxygen atoms in total. The van der Waals surface area contributed by atoms with Gasteiger partial charge in [-0.2, -0.15) is 0 Å². The van der Waals surface area contributed by atoms with E-state index in [1.807, 2.05) is 32.9 Å². The molecule has 2 N–H and O–H groups in total. The Morgan fingerprint density at radius 1 is 1.44 bits per heavy atom. The zero-order valence-electron chi connectivity index (χ0n) is 10.8. The molecular formula is C13H18BrClN2O. The van der Waals surface area contributed by atoms with Crippen molar-refractivity contribution in [1.29, 1.82) is 0 Å². The quantitative estimate of drug-likeness (QED) is 0.860. The zero-order valence-corrected chi connectivity index (χ0v) is 13.2. The summed E-state index contributed by atoms with van der Waals surface area (Å²) in [6.45, 7) is 6.27. The van der Waals surface area contributed by atoms with Crippen LogP contribution in [-0.2, 0) is 4.79 Å². The van der Waals surface area contributed by atoms with Crippen molar-refractivity contribution in [3.8, 4) is 0 Å². The van der Waals surface area contributed by atoms with Crippen molar-refractivity contribution in [3.05, 3.63) is 27.7 Å². The lowest BCUT2D eigenvalue weighted by Gasteiger charge is -2.24. The van der Waals surface area contributed by atoms with Gasteiger partial charge in [0.25, 0.3) is 0 Å². The molecule has 5 heteroatoms. The van der Waals surface area contributed by atoms with Gasteiger partial charge in [0, 0.05) is 5.54 Å². The Bertz CT molecular complexity index is 435. The third-order valence-corrected chi connectivity index (χ3v) is 4.15. The van der Waals surface area contributed by atoms with Crippen molar-refractivity contribution in [2.45, 2.75) is 32.7 Å². The Kier molecular flexibility index (Phi) is 5.47. The predicted octanol–water partition coefficient (Wildman–Crippen LogP) is 3.82. The summed E-state index contributed by atoms with van der Waals surface area (Å²) < 4.78 is 0.772. The van der Waals surface area contributed by atoms with E-state index in [0.717, 1.165) is 16.6 Å². The van der Waals surface area contributed by atoms with Gasteiger partial charge in [0.15, 0.2) is 0 Å². The monoisotopic (exact) mass is 332 g/mol. The van der Waals surface area contributed by atoms with E-state index in [4.69, 9.17) is 11.6 Å². The van der Waals surface area contributed by atoms with Crippen LogP contribution in [0.15, 0.2) is 22.7 Å². The van der Waals surface area contributed by atoms with Gasteiger partial charge >= 0.3 is 0 Å². The van der Waals surface area contributed by atoms with Crippen molar-refractivity contribution >= 4 is 39.1 Å². The highest BCUT2D eigenvalue weighted by atomic mass is 79.9. The molecular weight excluding hydrogens is 316 g/mol. The maximum atomic E-state index is 11.8. The van der Waals surface area contributed by atoms with Crippen LogP contribution in [0.25, 0.3) is 0 Å². The fourth-order valence-electron chi connectivity index (χ4n) is 1.33. The number of halogens is 2. The molecule has 0 unspecified atom stereocenters. The topological polar surface area (TPSA) is 41.1 Å². The molecule has 0 atom stereocenters. The number of amides is 1. The van der Waals surface area contributed by atoms with Crippen molar-refractivity contribution in [3.63, 3.8) is 0 Å². The van der Waals surface area contributed by atoms with Gasteiger partial charge < -0.3 is 10.6 Å². The Morgan fingerprint density at radius 2 is 2.11 bits per heavy atom. The minimum atomic E-state index is -0.176. The van der Waals surface area contributed by atoms with E-state index in [1.54, 1.807) is 6.07 Å². The van der Waals surface area contributed by atoms with Gasteiger partial charge in [-0.15, -0.1) is 0 Å². The SMILES string of the molecule is CCC(C)(C)NC(=O)CNc1cccc(Cl)c1Br. The number of nitrogens with one attached hydrogen (secondary N) is 2. The number of hydrogen-bond donors (Lipinski definition) is 2. The highest BCUT2D eigenvalue weighted by Gasteiger charge is 2.17. The van der Waals surface area contributed by atoms with Gasteiger partial charge in [0.2, 0.25) is 5.91 Å². The van der Waals surface area contributed by atoms with Crippen LogP contribution >= 0.6 is 27.5 Å². The second-order valence-electron chi connectivity index (χ2n) is 4.74. The third kappa shape index (κ3) is 4.50. The fraction of sp³-hybridized carbons (Fsp3) is 0.462. The normalized spacial score (nSPS) is 11.2. The number of benzene rings is 1. The maximum absolute atomic E-state index is 11.8. The minimum absolute atomic E-state index is 0.0336. The Hall–Kier alpha value is -0.740. The highest BCUT2D eigenvalue weighted by Crippen LogP contribution is 2.29. The summed E-state index contributed by atoms with van der Waals surface area (Å²) >= 11 is 9.35. The van der Waals surface area contributed by atoms with Crippen molar-refractivity contribution < 1.29 is 4.79 Å². The van der Waals surface area contributed by atoms with Crippen LogP contribution in [0, 0.1) is 0 Å². The first-order chi connectivity index (χ1) is 8.35. The molecule has 0 bridgehead atoms. The van der Waals surface area contributed by atoms with Gasteiger partial charge in [-0.25, -0.2) is 0 Å². The summed E-state index contributed by atoms with van der Waals surface area (Å²) in [4.78, 5) is 11.8. The molecule has 1 aromatic carbocycles. The van der Waals surface area contributed by atoms with Gasteiger partial charge in [-0.1, -0.05) is 24.6 Å². The summed E-state index contributed by atoms with van der Waals surface area (Å²) in [6.07, 6.45) is 0.888. The lowest BCUT2D eigenvalue weighted by molar-refractivity contribution is -0.121. The number of rotatable bonds is 5. The molecule has 0 fully saturated rings. The fourth-order valence-corrected chi connectivity index (χ4v) is 1.90. The van der Waals surface area contributed by atoms with Crippen molar-refractivity contribution in [1.82, 2.24) is 5.32 Å². The summed E-state index contributed by atoms with van der Waals surface area (Å²) in [6, 6.07) is 5.49. The van der Waals surface area contributed by atoms with E-state index in [2.05, 4.69) is 26.6 Å². The molecule has 0 aliphatic heterocycles. The number of carbonyl (C=O) groups is 1. The minimum Gasteiger partial charge on any atom is -0.375 e. The Balaban J connectivity index is 2.56. The predicted molar refractivity (Wildman–Crippen MR) is 80.2 cm³/mol. The van der Waals surface area contributed by atoms with E-state index in [1.165, 1.54) is 0 Å². The van der Waals surface area contributed by atoms with E-state index < -0.39 is 0 Å². The van der Waals surface area contributed by atoms with Crippen LogP contribution in [0.3, 0.4) is 0 Å². The molecule has 1 amide bonds. The lowest BCUT2D eigenvalue weighted by Crippen LogP contribution is -2.45. The largest absolute Gasteiger partial charge is 0.375 e. The molecule has 0 aromatic heterocycles. The van der Waals surface area contributed by atoms with Gasteiger partial charge in [-0.05, 0) is 48.3 Å². The lowest BCUT2D eigenvalue weighted by atomic mass is 10.0. The summed E-state index contributed by atoms with van der Waals surface area (Å²) in [5, 5.41) is 6.64. The van der Waals surface area contributed by atoms with Crippen molar-refractivity contribution in [2.75, 3.05) is 11.9 Å². The molecule has 18 heavy (non-hydrogen) atoms. The summed E-state index contributed by atoms with van der Waals surface area (Å²) in [7, 11) is 0. The second kappa shape index (κ2) is 6.43. The third-order valence-electron chi connectivity index (χ3n) is 2.75. The smallest absolute Gasteiger partial charge is 0.239 e. The van der Waals surface area contributed by atoms with Gasteiger partial charge in [0.05, 0.1) is 21.7 Å². The number of hydrogen-bond acceptors (Lipinski definition) is 2. The first-order valence-electron chi connectivity index (χ1n) is 5.84. The van der Waals surface area contributed by atoms with Crippen molar-refractivity contribution in [2.24, 2.45) is 0 Å². The van der Waals surface area contributed by atoms with E-state index in [-0.39, 0.29) is 18.0 Å². The molecule has 0 aliphatic carbocycles. The molecule has 0 saturated heterocycles. The molecule has 0 radical (unpaired) electrons. The molecule has 100 valence electrons. The second-order valence-corrected chi connectivity index (χ2v) is 5.94. The van der Waals surface area contributed by atoms with E-state index in [9.17, 15) is 4.79 Å².